The van der Waals surface area contributed by atoms with E-state index in [1.54, 1.807) is 20.5 Å². The molecule has 0 amide bonds. The lowest BCUT2D eigenvalue weighted by atomic mass is 10.3. The van der Waals surface area contributed by atoms with Gasteiger partial charge in [-0.25, -0.2) is 0 Å². The van der Waals surface area contributed by atoms with Gasteiger partial charge in [-0.05, 0) is 12.7 Å². The summed E-state index contributed by atoms with van der Waals surface area (Å²) in [6.07, 6.45) is 2.72. The van der Waals surface area contributed by atoms with Gasteiger partial charge in [-0.15, -0.1) is 0 Å². The molecule has 0 aromatic heterocycles. The summed E-state index contributed by atoms with van der Waals surface area (Å²) in [5, 5.41) is 0. The first kappa shape index (κ1) is 24.4. The average molecular weight is 342 g/mol. The monoisotopic (exact) mass is 342 g/mol. The van der Waals surface area contributed by atoms with Crippen molar-refractivity contribution in [3.8, 4) is 0 Å². The van der Waals surface area contributed by atoms with E-state index in [0.29, 0.717) is 59.5 Å². The van der Waals surface area contributed by atoms with Crippen LogP contribution in [0.2, 0.25) is 0 Å². The van der Waals surface area contributed by atoms with Gasteiger partial charge in [-0.2, -0.15) is 12.6 Å². The standard InChI is InChI=1S/C14H30O6.CH4S/c1-4-14(20-12-11-18-8-6-16-3)13-19-10-9-17-7-5-15-2;1-2/h14H,4-13H2,1-3H3;2H,1H3. The molecule has 0 aliphatic heterocycles. The van der Waals surface area contributed by atoms with E-state index >= 15 is 0 Å². The van der Waals surface area contributed by atoms with E-state index in [1.807, 2.05) is 0 Å². The normalized spacial score (nSPS) is 11.9. The lowest BCUT2D eigenvalue weighted by molar-refractivity contribution is -0.0528. The lowest BCUT2D eigenvalue weighted by Gasteiger charge is -2.16. The zero-order chi connectivity index (χ0) is 16.9. The second-order valence-corrected chi connectivity index (χ2v) is 4.19. The third kappa shape index (κ3) is 20.1. The Bertz CT molecular complexity index is 185. The first-order valence-electron chi connectivity index (χ1n) is 7.62. The molecule has 0 heterocycles. The highest BCUT2D eigenvalue weighted by Gasteiger charge is 2.06. The third-order valence-electron chi connectivity index (χ3n) is 2.58. The second kappa shape index (κ2) is 23.4. The molecule has 6 nitrogen and oxygen atoms in total. The zero-order valence-electron chi connectivity index (χ0n) is 14.5. The van der Waals surface area contributed by atoms with E-state index in [4.69, 9.17) is 28.4 Å². The average Bonchev–Trinajstić information content (AvgIpc) is 2.57. The minimum atomic E-state index is 0.111. The molecular weight excluding hydrogens is 308 g/mol. The van der Waals surface area contributed by atoms with Gasteiger partial charge in [0.2, 0.25) is 0 Å². The number of hydrogen-bond acceptors (Lipinski definition) is 7. The van der Waals surface area contributed by atoms with Crippen LogP contribution in [0.15, 0.2) is 0 Å². The quantitative estimate of drug-likeness (QED) is 0.340. The molecule has 7 heteroatoms. The van der Waals surface area contributed by atoms with Crippen LogP contribution < -0.4 is 0 Å². The van der Waals surface area contributed by atoms with Gasteiger partial charge in [0, 0.05) is 14.2 Å². The molecule has 0 N–H and O–H groups in total. The van der Waals surface area contributed by atoms with Crippen molar-refractivity contribution in [3.05, 3.63) is 0 Å². The van der Waals surface area contributed by atoms with Crippen molar-refractivity contribution < 1.29 is 28.4 Å². The van der Waals surface area contributed by atoms with Crippen LogP contribution in [0.5, 0.6) is 0 Å². The maximum Gasteiger partial charge on any atom is 0.0807 e. The molecule has 0 fully saturated rings. The molecule has 0 radical (unpaired) electrons. The molecule has 0 saturated carbocycles. The topological polar surface area (TPSA) is 55.4 Å². The van der Waals surface area contributed by atoms with E-state index in [-0.39, 0.29) is 6.10 Å². The first-order valence-corrected chi connectivity index (χ1v) is 8.52. The summed E-state index contributed by atoms with van der Waals surface area (Å²) in [6.45, 7) is 7.42. The fourth-order valence-corrected chi connectivity index (χ4v) is 1.38. The van der Waals surface area contributed by atoms with Gasteiger partial charge in [0.15, 0.2) is 0 Å². The Kier molecular flexibility index (Phi) is 25.9. The van der Waals surface area contributed by atoms with Crippen LogP contribution in [0.1, 0.15) is 13.3 Å². The Hall–Kier alpha value is 0.110. The molecule has 22 heavy (non-hydrogen) atoms. The molecule has 0 aliphatic carbocycles. The fraction of sp³-hybridized carbons (Fsp3) is 1.00. The molecule has 136 valence electrons. The van der Waals surface area contributed by atoms with Crippen LogP contribution >= 0.6 is 12.6 Å². The van der Waals surface area contributed by atoms with Crippen molar-refractivity contribution in [1.29, 1.82) is 0 Å². The van der Waals surface area contributed by atoms with Gasteiger partial charge in [0.1, 0.15) is 0 Å². The number of hydrogen-bond donors (Lipinski definition) is 1. The van der Waals surface area contributed by atoms with Crippen molar-refractivity contribution >= 4 is 12.6 Å². The van der Waals surface area contributed by atoms with E-state index in [2.05, 4.69) is 19.6 Å². The van der Waals surface area contributed by atoms with Crippen LogP contribution in [-0.2, 0) is 28.4 Å². The molecule has 0 spiro atoms. The van der Waals surface area contributed by atoms with Crippen molar-refractivity contribution in [2.45, 2.75) is 19.4 Å². The number of rotatable bonds is 16. The highest BCUT2D eigenvalue weighted by Crippen LogP contribution is 1.99. The highest BCUT2D eigenvalue weighted by atomic mass is 32.1. The Labute approximate surface area is 141 Å². The van der Waals surface area contributed by atoms with Crippen molar-refractivity contribution in [2.24, 2.45) is 0 Å². The molecule has 0 saturated heterocycles. The number of thiol groups is 1. The van der Waals surface area contributed by atoms with Crippen molar-refractivity contribution in [2.75, 3.05) is 79.9 Å². The van der Waals surface area contributed by atoms with Crippen LogP contribution in [-0.4, -0.2) is 86.0 Å². The Morgan fingerprint density at radius 2 is 1.14 bits per heavy atom. The van der Waals surface area contributed by atoms with Crippen LogP contribution in [0.3, 0.4) is 0 Å². The van der Waals surface area contributed by atoms with E-state index < -0.39 is 0 Å². The van der Waals surface area contributed by atoms with Gasteiger partial charge in [-0.1, -0.05) is 6.92 Å². The molecule has 0 aromatic rings. The summed E-state index contributed by atoms with van der Waals surface area (Å²) in [7, 11) is 3.31. The highest BCUT2D eigenvalue weighted by molar-refractivity contribution is 7.79. The van der Waals surface area contributed by atoms with Crippen LogP contribution in [0, 0.1) is 0 Å². The Morgan fingerprint density at radius 1 is 0.682 bits per heavy atom. The molecule has 1 atom stereocenters. The molecule has 0 aromatic carbocycles. The smallest absolute Gasteiger partial charge is 0.0807 e. The van der Waals surface area contributed by atoms with E-state index in [9.17, 15) is 0 Å². The summed E-state index contributed by atoms with van der Waals surface area (Å²) < 4.78 is 31.6. The minimum absolute atomic E-state index is 0.111. The predicted octanol–water partition coefficient (Wildman–Crippen LogP) is 1.67. The Morgan fingerprint density at radius 3 is 1.64 bits per heavy atom. The maximum absolute atomic E-state index is 5.66. The van der Waals surface area contributed by atoms with Gasteiger partial charge in [0.25, 0.3) is 0 Å². The molecule has 0 rings (SSSR count). The molecule has 0 bridgehead atoms. The van der Waals surface area contributed by atoms with Crippen LogP contribution in [0.25, 0.3) is 0 Å². The summed E-state index contributed by atoms with van der Waals surface area (Å²) in [5.74, 6) is 0. The summed E-state index contributed by atoms with van der Waals surface area (Å²) in [4.78, 5) is 0. The SMILES string of the molecule is CCC(COCCOCCOC)OCCOCCOC.CS. The first-order chi connectivity index (χ1) is 10.8. The van der Waals surface area contributed by atoms with E-state index in [0.717, 1.165) is 6.42 Å². The molecule has 0 aliphatic rings. The maximum atomic E-state index is 5.66. The van der Waals surface area contributed by atoms with Crippen molar-refractivity contribution in [3.63, 3.8) is 0 Å². The number of methoxy groups -OCH3 is 2. The summed E-state index contributed by atoms with van der Waals surface area (Å²) >= 11 is 3.53. The predicted molar refractivity (Wildman–Crippen MR) is 91.2 cm³/mol. The summed E-state index contributed by atoms with van der Waals surface area (Å²) in [5.41, 5.74) is 0. The van der Waals surface area contributed by atoms with Gasteiger partial charge in [0.05, 0.1) is 65.6 Å². The second-order valence-electron chi connectivity index (χ2n) is 4.19. The minimum Gasteiger partial charge on any atom is -0.382 e. The van der Waals surface area contributed by atoms with Gasteiger partial charge < -0.3 is 28.4 Å². The van der Waals surface area contributed by atoms with Crippen LogP contribution in [0.4, 0.5) is 0 Å². The largest absolute Gasteiger partial charge is 0.382 e. The lowest BCUT2D eigenvalue weighted by Crippen LogP contribution is -2.23. The van der Waals surface area contributed by atoms with Crippen molar-refractivity contribution in [1.82, 2.24) is 0 Å². The van der Waals surface area contributed by atoms with Gasteiger partial charge in [-0.3, -0.25) is 0 Å². The molecule has 1 unspecified atom stereocenters. The number of ether oxygens (including phenoxy) is 6. The Balaban J connectivity index is 0. The van der Waals surface area contributed by atoms with Gasteiger partial charge >= 0.3 is 0 Å². The zero-order valence-corrected chi connectivity index (χ0v) is 15.4. The summed E-state index contributed by atoms with van der Waals surface area (Å²) in [6, 6.07) is 0. The van der Waals surface area contributed by atoms with E-state index in [1.165, 1.54) is 0 Å². The third-order valence-corrected chi connectivity index (χ3v) is 2.58. The molecular formula is C15H34O6S. The fourth-order valence-electron chi connectivity index (χ4n) is 1.38.